The Labute approximate surface area is 131 Å². The maximum absolute atomic E-state index is 12.3. The number of pyridine rings is 1. The van der Waals surface area contributed by atoms with Gasteiger partial charge in [0.15, 0.2) is 0 Å². The number of aromatic nitrogens is 1. The Kier molecular flexibility index (Phi) is 3.69. The molecule has 0 saturated carbocycles. The molecule has 4 nitrogen and oxygen atoms in total. The lowest BCUT2D eigenvalue weighted by Gasteiger charge is -2.09. The maximum Gasteiger partial charge on any atom is 0.257 e. The third kappa shape index (κ3) is 2.73. The predicted octanol–water partition coefficient (Wildman–Crippen LogP) is 3.74. The minimum Gasteiger partial charge on any atom is -0.322 e. The van der Waals surface area contributed by atoms with E-state index in [4.69, 9.17) is 11.6 Å². The largest absolute Gasteiger partial charge is 0.322 e. The normalized spacial score (nSPS) is 10.6. The number of benzene rings is 2. The molecular formula is C17H13ClN2O2. The van der Waals surface area contributed by atoms with Crippen LogP contribution < -0.4 is 10.9 Å². The minimum atomic E-state index is -0.271. The highest BCUT2D eigenvalue weighted by molar-refractivity contribution is 6.34. The fraction of sp³-hybridized carbons (Fsp3) is 0.0588. The van der Waals surface area contributed by atoms with Gasteiger partial charge in [-0.2, -0.15) is 0 Å². The summed E-state index contributed by atoms with van der Waals surface area (Å²) in [6, 6.07) is 13.7. The van der Waals surface area contributed by atoms with Crippen LogP contribution in [0.1, 0.15) is 15.9 Å². The van der Waals surface area contributed by atoms with Gasteiger partial charge in [0.2, 0.25) is 5.56 Å². The minimum absolute atomic E-state index is 0.141. The molecule has 0 aliphatic heterocycles. The van der Waals surface area contributed by atoms with Crippen molar-refractivity contribution in [1.82, 2.24) is 4.98 Å². The summed E-state index contributed by atoms with van der Waals surface area (Å²) in [5.41, 5.74) is 2.52. The van der Waals surface area contributed by atoms with Crippen molar-refractivity contribution in [2.24, 2.45) is 0 Å². The summed E-state index contributed by atoms with van der Waals surface area (Å²) in [6.07, 6.45) is 0. The quantitative estimate of drug-likeness (QED) is 0.757. The molecule has 0 radical (unpaired) electrons. The fourth-order valence-electron chi connectivity index (χ4n) is 2.34. The van der Waals surface area contributed by atoms with Crippen LogP contribution in [0.3, 0.4) is 0 Å². The zero-order chi connectivity index (χ0) is 15.7. The van der Waals surface area contributed by atoms with Gasteiger partial charge in [-0.1, -0.05) is 23.7 Å². The van der Waals surface area contributed by atoms with E-state index in [0.29, 0.717) is 16.3 Å². The predicted molar refractivity (Wildman–Crippen MR) is 88.7 cm³/mol. The number of carbonyl (C=O) groups excluding carboxylic acids is 1. The van der Waals surface area contributed by atoms with Crippen molar-refractivity contribution in [3.8, 4) is 0 Å². The summed E-state index contributed by atoms with van der Waals surface area (Å²) in [7, 11) is 0. The van der Waals surface area contributed by atoms with Gasteiger partial charge in [-0.25, -0.2) is 0 Å². The molecule has 3 aromatic rings. The fourth-order valence-corrected chi connectivity index (χ4v) is 2.57. The van der Waals surface area contributed by atoms with Crippen LogP contribution in [0.4, 0.5) is 5.69 Å². The van der Waals surface area contributed by atoms with E-state index in [2.05, 4.69) is 10.3 Å². The van der Waals surface area contributed by atoms with Crippen molar-refractivity contribution >= 4 is 34.1 Å². The Morgan fingerprint density at radius 3 is 2.68 bits per heavy atom. The summed E-state index contributed by atoms with van der Waals surface area (Å²) < 4.78 is 0. The first-order chi connectivity index (χ1) is 10.5. The molecule has 1 heterocycles. The number of hydrogen-bond acceptors (Lipinski definition) is 2. The second-order valence-corrected chi connectivity index (χ2v) is 5.42. The van der Waals surface area contributed by atoms with E-state index < -0.39 is 0 Å². The molecule has 3 rings (SSSR count). The van der Waals surface area contributed by atoms with Crippen LogP contribution in [0.25, 0.3) is 10.9 Å². The number of amides is 1. The Morgan fingerprint density at radius 2 is 1.91 bits per heavy atom. The second kappa shape index (κ2) is 5.66. The summed E-state index contributed by atoms with van der Waals surface area (Å²) in [5.74, 6) is -0.271. The highest BCUT2D eigenvalue weighted by Gasteiger charge is 2.10. The van der Waals surface area contributed by atoms with Gasteiger partial charge < -0.3 is 10.3 Å². The third-order valence-electron chi connectivity index (χ3n) is 3.43. The van der Waals surface area contributed by atoms with Crippen LogP contribution >= 0.6 is 11.6 Å². The van der Waals surface area contributed by atoms with E-state index in [1.54, 1.807) is 36.4 Å². The Morgan fingerprint density at radius 1 is 1.14 bits per heavy atom. The highest BCUT2D eigenvalue weighted by atomic mass is 35.5. The van der Waals surface area contributed by atoms with E-state index in [-0.39, 0.29) is 11.5 Å². The number of aromatic amines is 1. The number of aryl methyl sites for hydroxylation is 1. The van der Waals surface area contributed by atoms with Crippen LogP contribution in [-0.2, 0) is 0 Å². The van der Waals surface area contributed by atoms with Crippen molar-refractivity contribution in [3.05, 3.63) is 75.0 Å². The molecule has 2 aromatic carbocycles. The van der Waals surface area contributed by atoms with E-state index in [1.165, 1.54) is 6.07 Å². The first-order valence-corrected chi connectivity index (χ1v) is 7.12. The average molecular weight is 313 g/mol. The van der Waals surface area contributed by atoms with Gasteiger partial charge in [0.05, 0.1) is 10.6 Å². The van der Waals surface area contributed by atoms with E-state index >= 15 is 0 Å². The standard InChI is InChI=1S/C17H13ClN2O2/c1-10-8-16(21)20-15-7-6-11(9-13(10)15)19-17(22)12-4-2-3-5-14(12)18/h2-9H,1H3,(H,19,22)(H,20,21). The lowest BCUT2D eigenvalue weighted by atomic mass is 10.1. The molecule has 2 N–H and O–H groups in total. The van der Waals surface area contributed by atoms with Crippen molar-refractivity contribution in [3.63, 3.8) is 0 Å². The van der Waals surface area contributed by atoms with Crippen LogP contribution in [0.2, 0.25) is 5.02 Å². The van der Waals surface area contributed by atoms with Crippen molar-refractivity contribution in [1.29, 1.82) is 0 Å². The molecule has 110 valence electrons. The van der Waals surface area contributed by atoms with Crippen molar-refractivity contribution in [2.75, 3.05) is 5.32 Å². The molecule has 1 aromatic heterocycles. The van der Waals surface area contributed by atoms with Gasteiger partial charge >= 0.3 is 0 Å². The number of carbonyl (C=O) groups is 1. The first kappa shape index (κ1) is 14.4. The summed E-state index contributed by atoms with van der Waals surface area (Å²) in [4.78, 5) is 26.5. The highest BCUT2D eigenvalue weighted by Crippen LogP contribution is 2.21. The zero-order valence-corrected chi connectivity index (χ0v) is 12.6. The average Bonchev–Trinajstić information content (AvgIpc) is 2.48. The second-order valence-electron chi connectivity index (χ2n) is 5.01. The molecule has 0 saturated heterocycles. The Balaban J connectivity index is 1.96. The monoisotopic (exact) mass is 312 g/mol. The molecular weight excluding hydrogens is 300 g/mol. The maximum atomic E-state index is 12.3. The summed E-state index contributed by atoms with van der Waals surface area (Å²) >= 11 is 6.02. The number of hydrogen-bond donors (Lipinski definition) is 2. The van der Waals surface area contributed by atoms with Crippen LogP contribution in [0, 0.1) is 6.92 Å². The van der Waals surface area contributed by atoms with Crippen LogP contribution in [0.5, 0.6) is 0 Å². The summed E-state index contributed by atoms with van der Waals surface area (Å²) in [5, 5.41) is 4.11. The number of rotatable bonds is 2. The number of H-pyrrole nitrogens is 1. The van der Waals surface area contributed by atoms with E-state index in [1.807, 2.05) is 13.0 Å². The van der Waals surface area contributed by atoms with Gasteiger partial charge in [-0.15, -0.1) is 0 Å². The topological polar surface area (TPSA) is 62.0 Å². The number of anilines is 1. The lowest BCUT2D eigenvalue weighted by Crippen LogP contribution is -2.12. The molecule has 22 heavy (non-hydrogen) atoms. The van der Waals surface area contributed by atoms with Crippen molar-refractivity contribution < 1.29 is 4.79 Å². The van der Waals surface area contributed by atoms with Crippen LogP contribution in [-0.4, -0.2) is 10.9 Å². The van der Waals surface area contributed by atoms with E-state index in [9.17, 15) is 9.59 Å². The lowest BCUT2D eigenvalue weighted by molar-refractivity contribution is 0.102. The van der Waals surface area contributed by atoms with Gasteiger partial charge in [0.25, 0.3) is 5.91 Å². The van der Waals surface area contributed by atoms with E-state index in [0.717, 1.165) is 16.5 Å². The SMILES string of the molecule is Cc1cc(=O)[nH]c2ccc(NC(=O)c3ccccc3Cl)cc12. The number of nitrogens with one attached hydrogen (secondary N) is 2. The molecule has 0 spiro atoms. The molecule has 0 unspecified atom stereocenters. The number of halogens is 1. The van der Waals surface area contributed by atoms with Gasteiger partial charge in [-0.05, 0) is 42.8 Å². The molecule has 0 aliphatic rings. The molecule has 0 bridgehead atoms. The zero-order valence-electron chi connectivity index (χ0n) is 11.8. The number of fused-ring (bicyclic) bond motifs is 1. The van der Waals surface area contributed by atoms with Gasteiger partial charge in [0, 0.05) is 22.7 Å². The third-order valence-corrected chi connectivity index (χ3v) is 3.76. The molecule has 0 aliphatic carbocycles. The van der Waals surface area contributed by atoms with Crippen LogP contribution in [0.15, 0.2) is 53.3 Å². The van der Waals surface area contributed by atoms with Crippen molar-refractivity contribution in [2.45, 2.75) is 6.92 Å². The molecule has 0 fully saturated rings. The first-order valence-electron chi connectivity index (χ1n) is 6.74. The van der Waals surface area contributed by atoms with Gasteiger partial charge in [-0.3, -0.25) is 9.59 Å². The smallest absolute Gasteiger partial charge is 0.257 e. The Bertz CT molecular complexity index is 931. The summed E-state index contributed by atoms with van der Waals surface area (Å²) in [6.45, 7) is 1.86. The molecule has 0 atom stereocenters. The Hall–Kier alpha value is -2.59. The molecule has 1 amide bonds. The molecule has 5 heteroatoms. The van der Waals surface area contributed by atoms with Gasteiger partial charge in [0.1, 0.15) is 0 Å².